The first-order valence-corrected chi connectivity index (χ1v) is 10.0. The van der Waals surface area contributed by atoms with Gasteiger partial charge in [-0.15, -0.1) is 0 Å². The van der Waals surface area contributed by atoms with Gasteiger partial charge in [-0.05, 0) is 56.6 Å². The highest BCUT2D eigenvalue weighted by molar-refractivity contribution is 6.24. The van der Waals surface area contributed by atoms with Crippen molar-refractivity contribution in [2.45, 2.75) is 0 Å². The highest BCUT2D eigenvalue weighted by atomic mass is 14.7. The van der Waals surface area contributed by atoms with Crippen molar-refractivity contribution in [2.75, 3.05) is 0 Å². The van der Waals surface area contributed by atoms with Crippen molar-refractivity contribution in [3.8, 4) is 0 Å². The number of rotatable bonds is 0. The quantitative estimate of drug-likeness (QED) is 0.262. The minimum absolute atomic E-state index is 1.23. The summed E-state index contributed by atoms with van der Waals surface area (Å²) in [4.78, 5) is 3.79. The van der Waals surface area contributed by atoms with Gasteiger partial charge in [0.15, 0.2) is 0 Å². The van der Waals surface area contributed by atoms with Crippen molar-refractivity contribution >= 4 is 64.9 Å². The van der Waals surface area contributed by atoms with E-state index in [0.29, 0.717) is 0 Å². The van der Waals surface area contributed by atoms with Gasteiger partial charge >= 0.3 is 0 Å². The van der Waals surface area contributed by atoms with Crippen LogP contribution in [0.2, 0.25) is 0 Å². The Hall–Kier alpha value is -3.84. The molecule has 1 nitrogen and oxygen atoms in total. The Morgan fingerprint density at radius 2 is 0.759 bits per heavy atom. The Kier molecular flexibility index (Phi) is 2.80. The average molecular weight is 367 g/mol. The molecule has 0 fully saturated rings. The van der Waals surface area contributed by atoms with E-state index in [0.717, 1.165) is 0 Å². The standard InChI is InChI=1S/C28H17N/c1-3-7-19-15-25-21(13-17(19)5-1)9-11-23-24-12-10-22-14-18-6-2-4-8-20(18)16-26(22)28(24)29-27(23)25/h1-16,29H. The zero-order chi connectivity index (χ0) is 18.9. The maximum atomic E-state index is 3.79. The lowest BCUT2D eigenvalue weighted by Crippen LogP contribution is -1.79. The van der Waals surface area contributed by atoms with E-state index in [4.69, 9.17) is 0 Å². The van der Waals surface area contributed by atoms with E-state index in [2.05, 4.69) is 102 Å². The van der Waals surface area contributed by atoms with Gasteiger partial charge in [0.25, 0.3) is 0 Å². The molecule has 134 valence electrons. The van der Waals surface area contributed by atoms with Crippen molar-refractivity contribution in [1.82, 2.24) is 4.98 Å². The van der Waals surface area contributed by atoms with E-state index in [-0.39, 0.29) is 0 Å². The van der Waals surface area contributed by atoms with Crippen LogP contribution in [-0.2, 0) is 0 Å². The molecule has 29 heavy (non-hydrogen) atoms. The van der Waals surface area contributed by atoms with Gasteiger partial charge in [0, 0.05) is 21.5 Å². The summed E-state index contributed by atoms with van der Waals surface area (Å²) >= 11 is 0. The van der Waals surface area contributed by atoms with E-state index in [1.54, 1.807) is 0 Å². The second kappa shape index (κ2) is 5.36. The fourth-order valence-corrected chi connectivity index (χ4v) is 4.87. The molecule has 0 spiro atoms. The first-order chi connectivity index (χ1) is 14.3. The lowest BCUT2D eigenvalue weighted by molar-refractivity contribution is 1.59. The predicted octanol–water partition coefficient (Wildman–Crippen LogP) is 7.93. The van der Waals surface area contributed by atoms with Gasteiger partial charge in [-0.3, -0.25) is 0 Å². The number of fused-ring (bicyclic) bond motifs is 9. The molecule has 0 aliphatic carbocycles. The van der Waals surface area contributed by atoms with E-state index in [9.17, 15) is 0 Å². The third kappa shape index (κ3) is 2.05. The number of benzene rings is 6. The smallest absolute Gasteiger partial charge is 0.0544 e. The molecule has 0 radical (unpaired) electrons. The lowest BCUT2D eigenvalue weighted by atomic mass is 9.99. The average Bonchev–Trinajstić information content (AvgIpc) is 3.16. The van der Waals surface area contributed by atoms with Gasteiger partial charge in [0.1, 0.15) is 0 Å². The van der Waals surface area contributed by atoms with Crippen molar-refractivity contribution in [1.29, 1.82) is 0 Å². The van der Waals surface area contributed by atoms with Gasteiger partial charge in [-0.1, -0.05) is 72.8 Å². The van der Waals surface area contributed by atoms with Crippen LogP contribution in [0.5, 0.6) is 0 Å². The van der Waals surface area contributed by atoms with E-state index in [1.807, 2.05) is 0 Å². The van der Waals surface area contributed by atoms with E-state index >= 15 is 0 Å². The number of H-pyrrole nitrogens is 1. The molecule has 1 aromatic heterocycles. The third-order valence-corrected chi connectivity index (χ3v) is 6.31. The summed E-state index contributed by atoms with van der Waals surface area (Å²) in [5, 5.41) is 12.8. The van der Waals surface area contributed by atoms with Crippen molar-refractivity contribution in [2.24, 2.45) is 0 Å². The van der Waals surface area contributed by atoms with Crippen LogP contribution in [0.15, 0.2) is 97.1 Å². The summed E-state index contributed by atoms with van der Waals surface area (Å²) in [6.07, 6.45) is 0. The Morgan fingerprint density at radius 3 is 1.21 bits per heavy atom. The highest BCUT2D eigenvalue weighted by Crippen LogP contribution is 2.37. The monoisotopic (exact) mass is 367 g/mol. The fraction of sp³-hybridized carbons (Fsp3) is 0. The Labute approximate surface area is 167 Å². The number of hydrogen-bond acceptors (Lipinski definition) is 0. The molecule has 7 aromatic rings. The fourth-order valence-electron chi connectivity index (χ4n) is 4.87. The summed E-state index contributed by atoms with van der Waals surface area (Å²) in [7, 11) is 0. The minimum Gasteiger partial charge on any atom is -0.353 e. The highest BCUT2D eigenvalue weighted by Gasteiger charge is 2.11. The molecule has 0 bridgehead atoms. The Morgan fingerprint density at radius 1 is 0.345 bits per heavy atom. The van der Waals surface area contributed by atoms with Crippen molar-refractivity contribution < 1.29 is 0 Å². The molecule has 0 atom stereocenters. The number of aromatic nitrogens is 1. The summed E-state index contributed by atoms with van der Waals surface area (Å²) in [6, 6.07) is 35.4. The number of hydrogen-bond donors (Lipinski definition) is 1. The SMILES string of the molecule is c1ccc2cc3c(ccc4c5ccc6cc7ccccc7cc6c5[nH]c34)cc2c1. The summed E-state index contributed by atoms with van der Waals surface area (Å²) in [5.41, 5.74) is 2.45. The molecule has 1 heteroatoms. The second-order valence-electron chi connectivity index (χ2n) is 7.94. The summed E-state index contributed by atoms with van der Waals surface area (Å²) in [6.45, 7) is 0. The Bertz CT molecular complexity index is 1620. The maximum absolute atomic E-state index is 3.79. The van der Waals surface area contributed by atoms with Gasteiger partial charge in [0.2, 0.25) is 0 Å². The molecule has 1 N–H and O–H groups in total. The third-order valence-electron chi connectivity index (χ3n) is 6.31. The summed E-state index contributed by atoms with van der Waals surface area (Å²) in [5.74, 6) is 0. The van der Waals surface area contributed by atoms with Crippen LogP contribution in [0.1, 0.15) is 0 Å². The molecule has 7 rings (SSSR count). The van der Waals surface area contributed by atoms with E-state index < -0.39 is 0 Å². The van der Waals surface area contributed by atoms with Crippen LogP contribution in [0.3, 0.4) is 0 Å². The van der Waals surface area contributed by atoms with Gasteiger partial charge in [-0.25, -0.2) is 0 Å². The van der Waals surface area contributed by atoms with Crippen LogP contribution in [0, 0.1) is 0 Å². The first kappa shape index (κ1) is 15.1. The topological polar surface area (TPSA) is 15.8 Å². The molecule has 0 saturated carbocycles. The molecule has 6 aromatic carbocycles. The molecule has 0 aliphatic rings. The summed E-state index contributed by atoms with van der Waals surface area (Å²) < 4.78 is 0. The molecule has 0 aliphatic heterocycles. The van der Waals surface area contributed by atoms with Crippen LogP contribution < -0.4 is 0 Å². The maximum Gasteiger partial charge on any atom is 0.0544 e. The van der Waals surface area contributed by atoms with Crippen LogP contribution >= 0.6 is 0 Å². The lowest BCUT2D eigenvalue weighted by Gasteiger charge is -2.03. The zero-order valence-electron chi connectivity index (χ0n) is 15.7. The van der Waals surface area contributed by atoms with Crippen molar-refractivity contribution in [3.63, 3.8) is 0 Å². The van der Waals surface area contributed by atoms with E-state index in [1.165, 1.54) is 64.9 Å². The number of nitrogens with one attached hydrogen (secondary N) is 1. The molecule has 0 saturated heterocycles. The minimum atomic E-state index is 1.23. The molecule has 0 amide bonds. The first-order valence-electron chi connectivity index (χ1n) is 10.0. The van der Waals surface area contributed by atoms with Gasteiger partial charge < -0.3 is 4.98 Å². The number of aromatic amines is 1. The zero-order valence-corrected chi connectivity index (χ0v) is 15.7. The second-order valence-corrected chi connectivity index (χ2v) is 7.94. The molecular formula is C28H17N. The van der Waals surface area contributed by atoms with Crippen LogP contribution in [0.25, 0.3) is 64.9 Å². The predicted molar refractivity (Wildman–Crippen MR) is 126 cm³/mol. The van der Waals surface area contributed by atoms with Crippen LogP contribution in [-0.4, -0.2) is 4.98 Å². The Balaban J connectivity index is 1.67. The molecular weight excluding hydrogens is 350 g/mol. The largest absolute Gasteiger partial charge is 0.353 e. The normalized spacial score (nSPS) is 12.1. The van der Waals surface area contributed by atoms with Gasteiger partial charge in [0.05, 0.1) is 11.0 Å². The van der Waals surface area contributed by atoms with Gasteiger partial charge in [-0.2, -0.15) is 0 Å². The molecule has 0 unspecified atom stereocenters. The van der Waals surface area contributed by atoms with Crippen molar-refractivity contribution in [3.05, 3.63) is 97.1 Å². The molecule has 1 heterocycles. The van der Waals surface area contributed by atoms with Crippen LogP contribution in [0.4, 0.5) is 0 Å².